The molecule has 1 aromatic heterocycles. The van der Waals surface area contributed by atoms with Gasteiger partial charge in [-0.2, -0.15) is 0 Å². The molecule has 0 aliphatic carbocycles. The average Bonchev–Trinajstić information content (AvgIpc) is 2.69. The number of hydrogen-bond donors (Lipinski definition) is 1. The number of amides is 1. The lowest BCUT2D eigenvalue weighted by Gasteiger charge is -2.16. The van der Waals surface area contributed by atoms with Crippen LogP contribution in [-0.4, -0.2) is 17.9 Å². The van der Waals surface area contributed by atoms with E-state index in [0.717, 1.165) is 16.5 Å². The van der Waals surface area contributed by atoms with Gasteiger partial charge < -0.3 is 10.6 Å². The van der Waals surface area contributed by atoms with Crippen molar-refractivity contribution >= 4 is 28.1 Å². The fourth-order valence-corrected chi connectivity index (χ4v) is 2.47. The minimum Gasteiger partial charge on any atom is -0.366 e. The Labute approximate surface area is 110 Å². The maximum Gasteiger partial charge on any atom is 0.248 e. The number of nitrogens with two attached hydrogens (primary N) is 1. The molecular weight excluding hydrogens is 246 g/mol. The highest BCUT2D eigenvalue weighted by atomic mass is 32.1. The van der Waals surface area contributed by atoms with E-state index in [1.165, 1.54) is 4.88 Å². The predicted molar refractivity (Wildman–Crippen MR) is 74.6 cm³/mol. The van der Waals surface area contributed by atoms with Crippen molar-refractivity contribution in [3.8, 4) is 0 Å². The van der Waals surface area contributed by atoms with E-state index in [0.29, 0.717) is 5.56 Å². The van der Waals surface area contributed by atoms with Crippen LogP contribution in [0.5, 0.6) is 0 Å². The number of carbonyl (C=O) groups is 1. The summed E-state index contributed by atoms with van der Waals surface area (Å²) in [4.78, 5) is 18.8. The van der Waals surface area contributed by atoms with Crippen molar-refractivity contribution < 1.29 is 4.79 Å². The molecule has 4 nitrogen and oxygen atoms in total. The number of rotatable bonds is 3. The number of benzene rings is 1. The van der Waals surface area contributed by atoms with E-state index in [4.69, 9.17) is 5.73 Å². The number of thiazole rings is 1. The smallest absolute Gasteiger partial charge is 0.248 e. The first-order valence-corrected chi connectivity index (χ1v) is 6.38. The molecule has 0 aliphatic heterocycles. The molecule has 0 aliphatic rings. The highest BCUT2D eigenvalue weighted by Crippen LogP contribution is 2.29. The number of hydrogen-bond acceptors (Lipinski definition) is 4. The Hall–Kier alpha value is -1.88. The molecule has 0 unspecified atom stereocenters. The van der Waals surface area contributed by atoms with Gasteiger partial charge in [-0.3, -0.25) is 4.79 Å². The lowest BCUT2D eigenvalue weighted by Crippen LogP contribution is -2.13. The van der Waals surface area contributed by atoms with Crippen LogP contribution in [0.1, 0.15) is 20.9 Å². The molecule has 0 bridgehead atoms. The van der Waals surface area contributed by atoms with Gasteiger partial charge in [-0.1, -0.05) is 6.07 Å². The van der Waals surface area contributed by atoms with E-state index in [-0.39, 0.29) is 0 Å². The number of primary amides is 1. The number of aryl methyl sites for hydroxylation is 2. The number of anilines is 2. The summed E-state index contributed by atoms with van der Waals surface area (Å²) in [6.45, 7) is 4.03. The van der Waals surface area contributed by atoms with Crippen LogP contribution in [0, 0.1) is 13.8 Å². The van der Waals surface area contributed by atoms with Crippen molar-refractivity contribution in [3.05, 3.63) is 40.4 Å². The van der Waals surface area contributed by atoms with Crippen molar-refractivity contribution in [2.24, 2.45) is 5.73 Å². The fraction of sp³-hybridized carbons (Fsp3) is 0.231. The van der Waals surface area contributed by atoms with Crippen LogP contribution in [0.4, 0.5) is 10.8 Å². The zero-order chi connectivity index (χ0) is 13.3. The Kier molecular flexibility index (Phi) is 3.34. The van der Waals surface area contributed by atoms with Gasteiger partial charge in [0.25, 0.3) is 0 Å². The van der Waals surface area contributed by atoms with Gasteiger partial charge in [0, 0.05) is 23.2 Å². The molecule has 1 heterocycles. The molecule has 1 amide bonds. The lowest BCUT2D eigenvalue weighted by molar-refractivity contribution is 0.100. The summed E-state index contributed by atoms with van der Waals surface area (Å²) < 4.78 is 0. The molecule has 0 saturated carbocycles. The third-order valence-electron chi connectivity index (χ3n) is 2.82. The van der Waals surface area contributed by atoms with E-state index >= 15 is 0 Å². The van der Waals surface area contributed by atoms with Gasteiger partial charge in [-0.15, -0.1) is 11.3 Å². The quantitative estimate of drug-likeness (QED) is 0.924. The van der Waals surface area contributed by atoms with Crippen molar-refractivity contribution in [2.75, 3.05) is 11.9 Å². The number of carbonyl (C=O) groups excluding carboxylic acids is 1. The van der Waals surface area contributed by atoms with E-state index in [1.807, 2.05) is 37.9 Å². The topological polar surface area (TPSA) is 59.2 Å². The second-order valence-electron chi connectivity index (χ2n) is 4.11. The van der Waals surface area contributed by atoms with Crippen LogP contribution in [0.2, 0.25) is 0 Å². The highest BCUT2D eigenvalue weighted by molar-refractivity contribution is 7.15. The summed E-state index contributed by atoms with van der Waals surface area (Å²) in [6, 6.07) is 7.23. The molecule has 2 aromatic rings. The van der Waals surface area contributed by atoms with Crippen molar-refractivity contribution in [2.45, 2.75) is 13.8 Å². The van der Waals surface area contributed by atoms with E-state index < -0.39 is 5.91 Å². The van der Waals surface area contributed by atoms with E-state index in [1.54, 1.807) is 23.5 Å². The molecule has 2 rings (SSSR count). The molecule has 0 saturated heterocycles. The third-order valence-corrected chi connectivity index (χ3v) is 3.97. The first-order valence-electron chi connectivity index (χ1n) is 5.56. The number of aromatic nitrogens is 1. The van der Waals surface area contributed by atoms with Crippen LogP contribution in [0.25, 0.3) is 0 Å². The third kappa shape index (κ3) is 2.36. The molecule has 18 heavy (non-hydrogen) atoms. The predicted octanol–water partition coefficient (Wildman–Crippen LogP) is 2.63. The highest BCUT2D eigenvalue weighted by Gasteiger charge is 2.11. The Morgan fingerprint density at radius 1 is 1.39 bits per heavy atom. The lowest BCUT2D eigenvalue weighted by atomic mass is 10.2. The first kappa shape index (κ1) is 12.6. The van der Waals surface area contributed by atoms with Crippen LogP contribution in [-0.2, 0) is 0 Å². The second kappa shape index (κ2) is 4.78. The average molecular weight is 261 g/mol. The summed E-state index contributed by atoms with van der Waals surface area (Å²) in [5, 5.41) is 0.909. The summed E-state index contributed by atoms with van der Waals surface area (Å²) >= 11 is 1.63. The minimum absolute atomic E-state index is 0.420. The van der Waals surface area contributed by atoms with Crippen LogP contribution in [0.3, 0.4) is 0 Å². The van der Waals surface area contributed by atoms with Gasteiger partial charge in [0.2, 0.25) is 5.91 Å². The monoisotopic (exact) mass is 261 g/mol. The first-order chi connectivity index (χ1) is 8.49. The molecule has 5 heteroatoms. The Bertz CT molecular complexity index is 572. The molecule has 0 fully saturated rings. The van der Waals surface area contributed by atoms with Crippen LogP contribution < -0.4 is 10.6 Å². The SMILES string of the molecule is Cc1nc(N(C)c2cccc(C(N)=O)c2)sc1C. The van der Waals surface area contributed by atoms with Gasteiger partial charge in [0.05, 0.1) is 5.69 Å². The fourth-order valence-electron chi connectivity index (χ4n) is 1.58. The zero-order valence-corrected chi connectivity index (χ0v) is 11.4. The molecule has 0 spiro atoms. The molecular formula is C13H15N3OS. The molecule has 1 aromatic carbocycles. The second-order valence-corrected chi connectivity index (χ2v) is 5.29. The van der Waals surface area contributed by atoms with Crippen molar-refractivity contribution in [1.29, 1.82) is 0 Å². The van der Waals surface area contributed by atoms with Gasteiger partial charge in [-0.25, -0.2) is 4.98 Å². The standard InChI is InChI=1S/C13H15N3OS/c1-8-9(2)18-13(15-8)16(3)11-6-4-5-10(7-11)12(14)17/h4-7H,1-3H3,(H2,14,17). The van der Waals surface area contributed by atoms with Crippen molar-refractivity contribution in [1.82, 2.24) is 4.98 Å². The van der Waals surface area contributed by atoms with E-state index in [9.17, 15) is 4.79 Å². The molecule has 2 N–H and O–H groups in total. The van der Waals surface area contributed by atoms with E-state index in [2.05, 4.69) is 4.98 Å². The van der Waals surface area contributed by atoms with Gasteiger partial charge >= 0.3 is 0 Å². The normalized spacial score (nSPS) is 10.4. The Morgan fingerprint density at radius 2 is 2.11 bits per heavy atom. The Balaban J connectivity index is 2.36. The van der Waals surface area contributed by atoms with Crippen LogP contribution >= 0.6 is 11.3 Å². The summed E-state index contributed by atoms with van der Waals surface area (Å²) in [5.74, 6) is -0.420. The maximum atomic E-state index is 11.2. The van der Waals surface area contributed by atoms with Gasteiger partial charge in [0.15, 0.2) is 5.13 Å². The van der Waals surface area contributed by atoms with Gasteiger partial charge in [-0.05, 0) is 32.0 Å². The van der Waals surface area contributed by atoms with Crippen LogP contribution in [0.15, 0.2) is 24.3 Å². The summed E-state index contributed by atoms with van der Waals surface area (Å²) in [5.41, 5.74) is 7.72. The maximum absolute atomic E-state index is 11.2. The number of nitrogens with zero attached hydrogens (tertiary/aromatic N) is 2. The minimum atomic E-state index is -0.420. The van der Waals surface area contributed by atoms with Crippen molar-refractivity contribution in [3.63, 3.8) is 0 Å². The molecule has 94 valence electrons. The summed E-state index contributed by atoms with van der Waals surface area (Å²) in [6.07, 6.45) is 0. The molecule has 0 radical (unpaired) electrons. The zero-order valence-electron chi connectivity index (χ0n) is 10.6. The van der Waals surface area contributed by atoms with Gasteiger partial charge in [0.1, 0.15) is 0 Å². The molecule has 0 atom stereocenters. The Morgan fingerprint density at radius 3 is 2.67 bits per heavy atom. The largest absolute Gasteiger partial charge is 0.366 e. The summed E-state index contributed by atoms with van der Waals surface area (Å²) in [7, 11) is 1.93.